The minimum atomic E-state index is -2.57. The van der Waals surface area contributed by atoms with Crippen LogP contribution in [0.2, 0.25) is 0 Å². The Morgan fingerprint density at radius 2 is 2.07 bits per heavy atom. The predicted octanol–water partition coefficient (Wildman–Crippen LogP) is 5.04. The quantitative estimate of drug-likeness (QED) is 0.226. The summed E-state index contributed by atoms with van der Waals surface area (Å²) in [6, 6.07) is 4.27. The number of piperazine rings is 1. The van der Waals surface area contributed by atoms with Gasteiger partial charge in [0.2, 0.25) is 0 Å². The van der Waals surface area contributed by atoms with Gasteiger partial charge in [0.25, 0.3) is 0 Å². The van der Waals surface area contributed by atoms with Gasteiger partial charge in [-0.15, -0.1) is 6.42 Å². The first-order valence-corrected chi connectivity index (χ1v) is 15.5. The first-order chi connectivity index (χ1) is 23.0. The summed E-state index contributed by atoms with van der Waals surface area (Å²) in [5.41, 5.74) is -2.07. The van der Waals surface area contributed by atoms with Crippen molar-refractivity contribution < 1.29 is 30.1 Å². The molecule has 5 aliphatic heterocycles. The fraction of sp³-hybridized carbons (Fsp3) is 0.441. The maximum Gasteiger partial charge on any atom is 0.319 e. The van der Waals surface area contributed by atoms with E-state index in [2.05, 4.69) is 26.2 Å². The maximum absolute atomic E-state index is 16.9. The standard InChI is InChI=1S/C34H32F4N6O2/c1-2-24-27(37)6-3-18-9-23(45)10-25(28(18)24)30-29(38)31-26(14-40-30)32(43-16-20-4-5-22(43)13-39-20)42-33(41-31)46-17-34-8-7-21(12-35)44(34)15-19(36)11-34/h1,3,6,9-10,14,19-22,39,45H,4-5,7-8,11-13,15-17H2/i17D2. The topological polar surface area (TPSA) is 86.6 Å². The highest BCUT2D eigenvalue weighted by atomic mass is 19.1. The molecule has 0 spiro atoms. The molecule has 8 nitrogen and oxygen atoms in total. The zero-order valence-electron chi connectivity index (χ0n) is 26.7. The van der Waals surface area contributed by atoms with Crippen LogP contribution in [-0.2, 0) is 0 Å². The lowest BCUT2D eigenvalue weighted by molar-refractivity contribution is 0.0771. The van der Waals surface area contributed by atoms with E-state index in [4.69, 9.17) is 13.9 Å². The van der Waals surface area contributed by atoms with Crippen LogP contribution in [-0.4, -0.2) is 87.7 Å². The molecule has 5 saturated heterocycles. The number of alkyl halides is 2. The van der Waals surface area contributed by atoms with Gasteiger partial charge in [-0.3, -0.25) is 9.88 Å². The summed E-state index contributed by atoms with van der Waals surface area (Å²) >= 11 is 0. The van der Waals surface area contributed by atoms with Crippen LogP contribution in [0.25, 0.3) is 32.9 Å². The van der Waals surface area contributed by atoms with Gasteiger partial charge in [-0.25, -0.2) is 17.6 Å². The number of ether oxygens (including phenoxy) is 1. The molecule has 5 fully saturated rings. The van der Waals surface area contributed by atoms with E-state index in [1.807, 2.05) is 4.90 Å². The van der Waals surface area contributed by atoms with Crippen LogP contribution in [0, 0.1) is 24.0 Å². The molecule has 0 saturated carbocycles. The van der Waals surface area contributed by atoms with E-state index in [9.17, 15) is 18.3 Å². The average molecular weight is 635 g/mol. The predicted molar refractivity (Wildman–Crippen MR) is 165 cm³/mol. The SMILES string of the molecule is [2H]C([2H])(Oc1nc(N2CC3CCC2CN3)c2cnc(-c3cc(O)cc4ccc(F)c(C#C)c34)c(F)c2n1)C12CCC(CF)N1CC(F)C2. The van der Waals surface area contributed by atoms with Crippen LogP contribution in [0.1, 0.15) is 40.4 Å². The molecule has 0 amide bonds. The number of phenols is 1. The fourth-order valence-corrected chi connectivity index (χ4v) is 7.89. The summed E-state index contributed by atoms with van der Waals surface area (Å²) in [5.74, 6) is 0.756. The van der Waals surface area contributed by atoms with E-state index in [0.717, 1.165) is 12.8 Å². The second-order valence-corrected chi connectivity index (χ2v) is 12.7. The molecule has 7 heterocycles. The number of nitrogens with one attached hydrogen (secondary N) is 1. The van der Waals surface area contributed by atoms with Crippen LogP contribution >= 0.6 is 0 Å². The lowest BCUT2D eigenvalue weighted by atomic mass is 9.92. The number of halogens is 4. The molecule has 9 rings (SSSR count). The molecule has 0 aliphatic carbocycles. The van der Waals surface area contributed by atoms with Gasteiger partial charge in [0, 0.05) is 61.3 Å². The number of hydrogen-bond donors (Lipinski definition) is 2. The molecule has 4 aromatic rings. The number of anilines is 1. The number of nitrogens with zero attached hydrogens (tertiary/aromatic N) is 5. The van der Waals surface area contributed by atoms with Crippen LogP contribution in [0.15, 0.2) is 30.5 Å². The van der Waals surface area contributed by atoms with Gasteiger partial charge in [0.15, 0.2) is 5.82 Å². The van der Waals surface area contributed by atoms with Crippen LogP contribution in [0.3, 0.4) is 0 Å². The molecule has 12 heteroatoms. The Hall–Kier alpha value is -4.21. The Balaban J connectivity index is 1.31. The monoisotopic (exact) mass is 634 g/mol. The van der Waals surface area contributed by atoms with Gasteiger partial charge in [-0.05, 0) is 49.3 Å². The Morgan fingerprint density at radius 3 is 2.80 bits per heavy atom. The van der Waals surface area contributed by atoms with Crippen molar-refractivity contribution in [3.05, 3.63) is 47.7 Å². The Bertz CT molecular complexity index is 2000. The van der Waals surface area contributed by atoms with E-state index in [-0.39, 0.29) is 70.3 Å². The summed E-state index contributed by atoms with van der Waals surface area (Å²) in [6.45, 7) is -2.22. The lowest BCUT2D eigenvalue weighted by Gasteiger charge is -2.46. The lowest BCUT2D eigenvalue weighted by Crippen LogP contribution is -2.61. The van der Waals surface area contributed by atoms with Crippen molar-refractivity contribution in [2.24, 2.45) is 0 Å². The molecular weight excluding hydrogens is 600 g/mol. The largest absolute Gasteiger partial charge is 0.508 e. The number of aromatic hydroxyl groups is 1. The molecule has 5 atom stereocenters. The third-order valence-electron chi connectivity index (χ3n) is 10.1. The summed E-state index contributed by atoms with van der Waals surface area (Å²) in [4.78, 5) is 17.0. The van der Waals surface area contributed by atoms with Crippen molar-refractivity contribution in [3.8, 4) is 35.4 Å². The molecular formula is C34H32F4N6O2. The van der Waals surface area contributed by atoms with Crippen LogP contribution < -0.4 is 15.0 Å². The molecule has 46 heavy (non-hydrogen) atoms. The first kappa shape index (κ1) is 27.0. The van der Waals surface area contributed by atoms with E-state index in [0.29, 0.717) is 30.7 Å². The minimum Gasteiger partial charge on any atom is -0.508 e. The Kier molecular flexibility index (Phi) is 6.42. The molecule has 2 bridgehead atoms. The van der Waals surface area contributed by atoms with Crippen molar-refractivity contribution in [1.82, 2.24) is 25.2 Å². The molecule has 0 radical (unpaired) electrons. The minimum absolute atomic E-state index is 0.00739. The molecule has 2 N–H and O–H groups in total. The van der Waals surface area contributed by atoms with E-state index in [1.54, 1.807) is 0 Å². The normalized spacial score (nSPS) is 28.4. The summed E-state index contributed by atoms with van der Waals surface area (Å²) in [7, 11) is 0. The van der Waals surface area contributed by atoms with Crippen molar-refractivity contribution in [3.63, 3.8) is 0 Å². The number of pyridine rings is 1. The van der Waals surface area contributed by atoms with E-state index in [1.165, 1.54) is 35.4 Å². The van der Waals surface area contributed by atoms with Gasteiger partial charge in [0.05, 0.1) is 19.2 Å². The van der Waals surface area contributed by atoms with Crippen molar-refractivity contribution in [1.29, 1.82) is 0 Å². The number of hydrogen-bond acceptors (Lipinski definition) is 8. The fourth-order valence-electron chi connectivity index (χ4n) is 7.89. The molecule has 5 unspecified atom stereocenters. The number of terminal acetylenes is 1. The van der Waals surface area contributed by atoms with Gasteiger partial charge in [-0.1, -0.05) is 12.0 Å². The number of phenolic OH excluding ortho intramolecular Hbond substituents is 1. The highest BCUT2D eigenvalue weighted by molar-refractivity contribution is 6.03. The van der Waals surface area contributed by atoms with Crippen molar-refractivity contribution >= 4 is 27.5 Å². The molecule has 2 aromatic heterocycles. The number of benzene rings is 2. The molecule has 238 valence electrons. The van der Waals surface area contributed by atoms with Crippen molar-refractivity contribution in [2.45, 2.75) is 61.9 Å². The summed E-state index contributed by atoms with van der Waals surface area (Å²) < 4.78 is 84.5. The second-order valence-electron chi connectivity index (χ2n) is 12.7. The number of fused-ring (bicyclic) bond motifs is 6. The number of rotatable bonds is 6. The van der Waals surface area contributed by atoms with Gasteiger partial charge >= 0.3 is 6.01 Å². The summed E-state index contributed by atoms with van der Waals surface area (Å²) in [5, 5.41) is 14.8. The third kappa shape index (κ3) is 4.54. The Labute approximate surface area is 265 Å². The first-order valence-electron chi connectivity index (χ1n) is 16.5. The van der Waals surface area contributed by atoms with Crippen LogP contribution in [0.4, 0.5) is 23.4 Å². The van der Waals surface area contributed by atoms with E-state index >= 15 is 4.39 Å². The van der Waals surface area contributed by atoms with E-state index < -0.39 is 48.6 Å². The highest BCUT2D eigenvalue weighted by Crippen LogP contribution is 2.44. The molecule has 2 aromatic carbocycles. The molecule has 5 aliphatic rings. The highest BCUT2D eigenvalue weighted by Gasteiger charge is 2.53. The third-order valence-corrected chi connectivity index (χ3v) is 10.1. The average Bonchev–Trinajstić information content (AvgIpc) is 3.61. The number of piperidine rings is 2. The van der Waals surface area contributed by atoms with Crippen LogP contribution in [0.5, 0.6) is 11.8 Å². The summed E-state index contributed by atoms with van der Waals surface area (Å²) in [6.07, 6.45) is 7.79. The van der Waals surface area contributed by atoms with Gasteiger partial charge in [-0.2, -0.15) is 9.97 Å². The second kappa shape index (κ2) is 11.0. The zero-order valence-corrected chi connectivity index (χ0v) is 24.7. The van der Waals surface area contributed by atoms with Gasteiger partial charge in [0.1, 0.15) is 48.0 Å². The van der Waals surface area contributed by atoms with Gasteiger partial charge < -0.3 is 20.1 Å². The maximum atomic E-state index is 16.9. The zero-order chi connectivity index (χ0) is 33.5. The smallest absolute Gasteiger partial charge is 0.319 e. The Morgan fingerprint density at radius 1 is 1.20 bits per heavy atom. The van der Waals surface area contributed by atoms with Crippen molar-refractivity contribution in [2.75, 3.05) is 37.8 Å². The number of aromatic nitrogens is 3.